The average Bonchev–Trinajstić information content (AvgIpc) is 3.37. The molecule has 17 nitrogen and oxygen atoms in total. The summed E-state index contributed by atoms with van der Waals surface area (Å²) in [7, 11) is 4.47. The van der Waals surface area contributed by atoms with E-state index in [1.165, 1.54) is 14.0 Å². The predicted molar refractivity (Wildman–Crippen MR) is 271 cm³/mol. The maximum Gasteiger partial charge on any atom is 0.329 e. The molecule has 15 unspecified atom stereocenters. The molecular formula is C56H87NO16. The third-order valence-electron chi connectivity index (χ3n) is 15.9. The van der Waals surface area contributed by atoms with Crippen molar-refractivity contribution in [1.29, 1.82) is 0 Å². The van der Waals surface area contributed by atoms with Gasteiger partial charge in [0.15, 0.2) is 5.78 Å². The van der Waals surface area contributed by atoms with E-state index in [-0.39, 0.29) is 42.8 Å². The lowest BCUT2D eigenvalue weighted by Crippen LogP contribution is -2.61. The van der Waals surface area contributed by atoms with Gasteiger partial charge in [0.2, 0.25) is 5.79 Å². The molecular weight excluding hydrogens is 943 g/mol. The fourth-order valence-corrected chi connectivity index (χ4v) is 10.7. The van der Waals surface area contributed by atoms with Crippen molar-refractivity contribution in [2.75, 3.05) is 41.1 Å². The second kappa shape index (κ2) is 28.3. The standard InChI is InChI=1S/C56H87NO16/c1-33-17-13-12-14-18-34(2)45(68-9)29-42-22-20-39(7)56(67,73-42)51(63)52(64)57-24-16-15-19-43(57)53(65)72-46(30-44(60)35(3)26-38(6)49(62)50(70-11)48(61)37(5)25-33)36(4)27-40-21-23-41(28-47(40)69-10)71-54(66)55(8,31-58)32-59/h12-14,17-18,26,33,35-37,39-43,45-47,49-50,58-59,62,67H,15-16,19-25,27-32H2,1-11H3/b14-12+,17-13+,34-18+,38-26+. The van der Waals surface area contributed by atoms with Crippen molar-refractivity contribution in [3.8, 4) is 0 Å². The largest absolute Gasteiger partial charge is 0.462 e. The SMILES string of the molecule is COC1CC2CCC(C)C(O)(O2)C(=O)C(=O)N2CCCCC2C(=O)OC(C(C)CC2CCC(OC(=O)C(C)(CO)CO)CC2OC)CC(=O)C(C)/C=C(\C)C(O)C(OC)C(=O)C(C)CC(C)/C=C/C=C/C=C/1C. The van der Waals surface area contributed by atoms with Crippen molar-refractivity contribution >= 4 is 35.2 Å². The number of Topliss-reactive ketones (excluding diaryl/α,β-unsaturated/α-hetero) is 3. The number of methoxy groups -OCH3 is 3. The van der Waals surface area contributed by atoms with Crippen molar-refractivity contribution in [2.24, 2.45) is 40.9 Å². The van der Waals surface area contributed by atoms with Crippen molar-refractivity contribution in [3.63, 3.8) is 0 Å². The number of aliphatic hydroxyl groups is 4. The van der Waals surface area contributed by atoms with E-state index in [9.17, 15) is 49.2 Å². The number of hydrogen-bond acceptors (Lipinski definition) is 16. The number of fused-ring (bicyclic) bond motifs is 3. The van der Waals surface area contributed by atoms with Crippen LogP contribution < -0.4 is 0 Å². The summed E-state index contributed by atoms with van der Waals surface area (Å²) in [6.45, 7) is 12.8. The van der Waals surface area contributed by atoms with Crippen molar-refractivity contribution in [2.45, 2.75) is 187 Å². The Bertz CT molecular complexity index is 2010. The molecule has 1 amide bonds. The fraction of sp³-hybridized carbons (Fsp3) is 0.750. The molecule has 73 heavy (non-hydrogen) atoms. The summed E-state index contributed by atoms with van der Waals surface area (Å²) in [6, 6.07) is -1.21. The van der Waals surface area contributed by atoms with Gasteiger partial charge in [0, 0.05) is 64.9 Å². The zero-order valence-electron chi connectivity index (χ0n) is 45.3. The molecule has 3 fully saturated rings. The van der Waals surface area contributed by atoms with Gasteiger partial charge in [-0.1, -0.05) is 71.1 Å². The molecule has 2 saturated heterocycles. The molecule has 3 aliphatic heterocycles. The van der Waals surface area contributed by atoms with E-state index in [2.05, 4.69) is 0 Å². The predicted octanol–water partition coefficient (Wildman–Crippen LogP) is 5.72. The van der Waals surface area contributed by atoms with E-state index >= 15 is 0 Å². The molecule has 0 spiro atoms. The average molecular weight is 1030 g/mol. The Labute approximate surface area is 433 Å². The quantitative estimate of drug-likeness (QED) is 0.116. The van der Waals surface area contributed by atoms with Gasteiger partial charge in [-0.25, -0.2) is 4.79 Å². The van der Waals surface area contributed by atoms with E-state index in [4.69, 9.17) is 28.4 Å². The van der Waals surface area contributed by atoms with Crippen LogP contribution in [0.25, 0.3) is 0 Å². The summed E-state index contributed by atoms with van der Waals surface area (Å²) >= 11 is 0. The van der Waals surface area contributed by atoms with Crippen LogP contribution in [0.4, 0.5) is 0 Å². The van der Waals surface area contributed by atoms with E-state index < -0.39 is 120 Å². The fourth-order valence-electron chi connectivity index (χ4n) is 10.7. The first-order chi connectivity index (χ1) is 34.5. The van der Waals surface area contributed by atoms with Crippen LogP contribution in [0.15, 0.2) is 47.6 Å². The second-order valence-electron chi connectivity index (χ2n) is 21.8. The van der Waals surface area contributed by atoms with Gasteiger partial charge in [-0.05, 0) is 107 Å². The monoisotopic (exact) mass is 1030 g/mol. The minimum absolute atomic E-state index is 0.00791. The van der Waals surface area contributed by atoms with Crippen LogP contribution in [-0.2, 0) is 57.2 Å². The number of allylic oxidation sites excluding steroid dienone is 6. The molecule has 1 saturated carbocycles. The van der Waals surface area contributed by atoms with Gasteiger partial charge in [0.25, 0.3) is 11.7 Å². The Hall–Kier alpha value is -3.94. The van der Waals surface area contributed by atoms with Crippen LogP contribution >= 0.6 is 0 Å². The van der Waals surface area contributed by atoms with E-state index in [0.29, 0.717) is 69.8 Å². The van der Waals surface area contributed by atoms with Crippen LogP contribution in [0.1, 0.15) is 132 Å². The van der Waals surface area contributed by atoms with Gasteiger partial charge in [-0.3, -0.25) is 24.0 Å². The molecule has 0 aromatic carbocycles. The summed E-state index contributed by atoms with van der Waals surface area (Å²) in [5.74, 6) is -9.50. The van der Waals surface area contributed by atoms with Crippen LogP contribution in [0.5, 0.6) is 0 Å². The van der Waals surface area contributed by atoms with Crippen LogP contribution in [0.2, 0.25) is 0 Å². The number of piperidine rings is 1. The van der Waals surface area contributed by atoms with Gasteiger partial charge in [0.05, 0.1) is 31.5 Å². The molecule has 1 aliphatic carbocycles. The van der Waals surface area contributed by atoms with Crippen LogP contribution in [0.3, 0.4) is 0 Å². The molecule has 412 valence electrons. The van der Waals surface area contributed by atoms with Gasteiger partial charge in [-0.15, -0.1) is 0 Å². The lowest BCUT2D eigenvalue weighted by molar-refractivity contribution is -0.265. The first-order valence-electron chi connectivity index (χ1n) is 26.4. The Kier molecular flexibility index (Phi) is 23.9. The molecule has 4 aliphatic rings. The molecule has 4 rings (SSSR count). The molecule has 2 bridgehead atoms. The van der Waals surface area contributed by atoms with Crippen molar-refractivity contribution in [1.82, 2.24) is 4.90 Å². The highest BCUT2D eigenvalue weighted by atomic mass is 16.6. The van der Waals surface area contributed by atoms with Gasteiger partial charge in [0.1, 0.15) is 41.7 Å². The number of cyclic esters (lactones) is 1. The molecule has 15 atom stereocenters. The molecule has 0 aromatic rings. The Morgan fingerprint density at radius 2 is 1.58 bits per heavy atom. The Balaban J connectivity index is 1.70. The topological polar surface area (TPSA) is 242 Å². The first kappa shape index (κ1) is 61.6. The van der Waals surface area contributed by atoms with Gasteiger partial charge < -0.3 is 53.7 Å². The third-order valence-corrected chi connectivity index (χ3v) is 15.9. The van der Waals surface area contributed by atoms with Crippen molar-refractivity contribution in [3.05, 3.63) is 47.6 Å². The number of esters is 2. The van der Waals surface area contributed by atoms with Crippen LogP contribution in [0, 0.1) is 40.9 Å². The number of carbonyl (C=O) groups excluding carboxylic acids is 6. The second-order valence-corrected chi connectivity index (χ2v) is 21.8. The number of aliphatic hydroxyl groups excluding tert-OH is 3. The first-order valence-corrected chi connectivity index (χ1v) is 26.4. The molecule has 0 radical (unpaired) electrons. The van der Waals surface area contributed by atoms with Crippen LogP contribution in [-0.4, -0.2) is 156 Å². The zero-order chi connectivity index (χ0) is 54.4. The van der Waals surface area contributed by atoms with Crippen molar-refractivity contribution < 1.29 is 77.6 Å². The summed E-state index contributed by atoms with van der Waals surface area (Å²) in [5, 5.41) is 43.0. The van der Waals surface area contributed by atoms with Gasteiger partial charge in [-0.2, -0.15) is 0 Å². The maximum atomic E-state index is 14.6. The highest BCUT2D eigenvalue weighted by molar-refractivity contribution is 6.39. The summed E-state index contributed by atoms with van der Waals surface area (Å²) in [6.07, 6.45) is 9.76. The number of hydrogen-bond donors (Lipinski definition) is 4. The Morgan fingerprint density at radius 3 is 2.22 bits per heavy atom. The minimum Gasteiger partial charge on any atom is -0.462 e. The number of carbonyl (C=O) groups is 6. The number of rotatable bonds is 10. The summed E-state index contributed by atoms with van der Waals surface area (Å²) in [4.78, 5) is 85.4. The highest BCUT2D eigenvalue weighted by Gasteiger charge is 2.53. The minimum atomic E-state index is -2.47. The number of amides is 1. The number of nitrogens with zero attached hydrogens (tertiary/aromatic N) is 1. The van der Waals surface area contributed by atoms with E-state index in [1.807, 2.05) is 51.2 Å². The summed E-state index contributed by atoms with van der Waals surface area (Å²) in [5.41, 5.74) is -0.262. The molecule has 0 aromatic heterocycles. The van der Waals surface area contributed by atoms with Gasteiger partial charge >= 0.3 is 11.9 Å². The summed E-state index contributed by atoms with van der Waals surface area (Å²) < 4.78 is 35.5. The normalized spacial score (nSPS) is 37.4. The molecule has 17 heteroatoms. The highest BCUT2D eigenvalue weighted by Crippen LogP contribution is 2.39. The zero-order valence-corrected chi connectivity index (χ0v) is 45.3. The lowest BCUT2D eigenvalue weighted by atomic mass is 9.77. The van der Waals surface area contributed by atoms with E-state index in [0.717, 1.165) is 10.5 Å². The number of ketones is 3. The molecule has 3 heterocycles. The maximum absolute atomic E-state index is 14.6. The third kappa shape index (κ3) is 16.0. The smallest absolute Gasteiger partial charge is 0.329 e. The molecule has 4 N–H and O–H groups in total. The Morgan fingerprint density at radius 1 is 0.877 bits per heavy atom. The number of ether oxygens (including phenoxy) is 6. The van der Waals surface area contributed by atoms with E-state index in [1.54, 1.807) is 48.0 Å². The lowest BCUT2D eigenvalue weighted by Gasteiger charge is -2.42.